The van der Waals surface area contributed by atoms with Crippen LogP contribution in [-0.2, 0) is 4.74 Å². The van der Waals surface area contributed by atoms with Gasteiger partial charge in [-0.1, -0.05) is 30.4 Å². The second-order valence-corrected chi connectivity index (χ2v) is 5.10. The number of allylic oxidation sites excluding steroid dienone is 2. The van der Waals surface area contributed by atoms with Crippen molar-refractivity contribution in [2.24, 2.45) is 5.92 Å². The molecule has 1 aliphatic rings. The van der Waals surface area contributed by atoms with Crippen molar-refractivity contribution < 1.29 is 9.53 Å². The molecule has 0 amide bonds. The molecule has 1 heterocycles. The Kier molecular flexibility index (Phi) is 4.09. The second-order valence-electron chi connectivity index (χ2n) is 5.10. The van der Waals surface area contributed by atoms with Gasteiger partial charge in [-0.3, -0.25) is 0 Å². The number of esters is 1. The van der Waals surface area contributed by atoms with Crippen LogP contribution in [0, 0.1) is 5.92 Å². The zero-order valence-electron chi connectivity index (χ0n) is 11.7. The van der Waals surface area contributed by atoms with E-state index in [9.17, 15) is 4.79 Å². The number of hydrogen-bond acceptors (Lipinski definition) is 4. The van der Waals surface area contributed by atoms with Gasteiger partial charge in [-0.25, -0.2) is 4.79 Å². The van der Waals surface area contributed by atoms with Gasteiger partial charge in [0.05, 0.1) is 18.5 Å². The lowest BCUT2D eigenvalue weighted by molar-refractivity contribution is 0.0425. The first-order valence-electron chi connectivity index (χ1n) is 7.13. The number of carbonyl (C=O) groups excluding carboxylic acids is 1. The highest BCUT2D eigenvalue weighted by atomic mass is 16.5. The molecule has 0 saturated heterocycles. The molecule has 5 heteroatoms. The summed E-state index contributed by atoms with van der Waals surface area (Å²) in [5.41, 5.74) is 1.05. The van der Waals surface area contributed by atoms with E-state index in [1.807, 2.05) is 30.3 Å². The Balaban J connectivity index is 1.60. The van der Waals surface area contributed by atoms with Crippen LogP contribution in [0.3, 0.4) is 0 Å². The van der Waals surface area contributed by atoms with Gasteiger partial charge in [0.2, 0.25) is 0 Å². The average molecular weight is 283 g/mol. The molecule has 0 radical (unpaired) electrons. The van der Waals surface area contributed by atoms with Crippen LogP contribution in [0.4, 0.5) is 0 Å². The molecule has 5 nitrogen and oxygen atoms in total. The van der Waals surface area contributed by atoms with Crippen molar-refractivity contribution >= 4 is 5.97 Å². The zero-order chi connectivity index (χ0) is 14.5. The van der Waals surface area contributed by atoms with Gasteiger partial charge < -0.3 is 4.74 Å². The van der Waals surface area contributed by atoms with Crippen molar-refractivity contribution in [3.05, 3.63) is 54.4 Å². The number of para-hydroxylation sites is 1. The highest BCUT2D eigenvalue weighted by molar-refractivity contribution is 5.86. The number of ether oxygens (including phenoxy) is 1. The molecule has 1 atom stereocenters. The first kappa shape index (κ1) is 13.5. The molecule has 2 aromatic rings. The molecule has 21 heavy (non-hydrogen) atoms. The summed E-state index contributed by atoms with van der Waals surface area (Å²) in [7, 11) is 0. The Bertz CT molecular complexity index is 634. The van der Waals surface area contributed by atoms with Crippen molar-refractivity contribution in [2.75, 3.05) is 6.61 Å². The number of carbonyl (C=O) groups is 1. The standard InChI is InChI=1S/C16H17N3O2/c20-16(21-12-13-7-3-1-4-8-13)15-11-17-19(18-15)14-9-5-2-6-10-14/h1-3,5-6,9-11,13H,4,7-8,12H2. The summed E-state index contributed by atoms with van der Waals surface area (Å²) >= 11 is 0. The summed E-state index contributed by atoms with van der Waals surface area (Å²) in [5.74, 6) is 0.00912. The predicted molar refractivity (Wildman–Crippen MR) is 78.1 cm³/mol. The molecular weight excluding hydrogens is 266 g/mol. The molecule has 0 bridgehead atoms. The van der Waals surface area contributed by atoms with E-state index in [4.69, 9.17) is 4.74 Å². The monoisotopic (exact) mass is 283 g/mol. The fourth-order valence-electron chi connectivity index (χ4n) is 2.32. The Labute approximate surface area is 123 Å². The fourth-order valence-corrected chi connectivity index (χ4v) is 2.32. The molecule has 0 aliphatic heterocycles. The van der Waals surface area contributed by atoms with Crippen LogP contribution in [0.15, 0.2) is 48.7 Å². The number of hydrogen-bond donors (Lipinski definition) is 0. The van der Waals surface area contributed by atoms with Gasteiger partial charge >= 0.3 is 5.97 Å². The smallest absolute Gasteiger partial charge is 0.360 e. The Hall–Kier alpha value is -2.43. The van der Waals surface area contributed by atoms with Crippen LogP contribution < -0.4 is 0 Å². The minimum Gasteiger partial charge on any atom is -0.461 e. The fraction of sp³-hybridized carbons (Fsp3) is 0.312. The van der Waals surface area contributed by atoms with E-state index in [1.54, 1.807) is 0 Å². The first-order valence-corrected chi connectivity index (χ1v) is 7.13. The van der Waals surface area contributed by atoms with E-state index >= 15 is 0 Å². The SMILES string of the molecule is O=C(OCC1CC=CCC1)c1cnn(-c2ccccc2)n1. The normalized spacial score (nSPS) is 17.6. The first-order chi connectivity index (χ1) is 10.3. The van der Waals surface area contributed by atoms with Gasteiger partial charge in [0.15, 0.2) is 5.69 Å². The lowest BCUT2D eigenvalue weighted by Crippen LogP contribution is -2.15. The number of rotatable bonds is 4. The van der Waals surface area contributed by atoms with Crippen LogP contribution >= 0.6 is 0 Å². The lowest BCUT2D eigenvalue weighted by Gasteiger charge is -2.16. The maximum Gasteiger partial charge on any atom is 0.360 e. The van der Waals surface area contributed by atoms with E-state index in [0.717, 1.165) is 24.9 Å². The summed E-state index contributed by atoms with van der Waals surface area (Å²) in [6.07, 6.45) is 8.87. The third-order valence-corrected chi connectivity index (χ3v) is 3.52. The molecule has 1 aromatic heterocycles. The molecule has 0 N–H and O–H groups in total. The van der Waals surface area contributed by atoms with Crippen molar-refractivity contribution in [1.82, 2.24) is 15.0 Å². The molecule has 1 aromatic carbocycles. The Morgan fingerprint density at radius 2 is 2.14 bits per heavy atom. The van der Waals surface area contributed by atoms with Crippen molar-refractivity contribution in [3.8, 4) is 5.69 Å². The minimum atomic E-state index is -0.410. The third kappa shape index (κ3) is 3.37. The van der Waals surface area contributed by atoms with Gasteiger partial charge in [0.1, 0.15) is 0 Å². The quantitative estimate of drug-likeness (QED) is 0.639. The summed E-state index contributed by atoms with van der Waals surface area (Å²) in [4.78, 5) is 13.4. The molecule has 108 valence electrons. The van der Waals surface area contributed by atoms with Crippen molar-refractivity contribution in [3.63, 3.8) is 0 Å². The maximum atomic E-state index is 12.0. The number of nitrogens with zero attached hydrogens (tertiary/aromatic N) is 3. The molecule has 3 rings (SSSR count). The average Bonchev–Trinajstić information content (AvgIpc) is 3.04. The number of benzene rings is 1. The largest absolute Gasteiger partial charge is 0.461 e. The van der Waals surface area contributed by atoms with Crippen LogP contribution in [0.2, 0.25) is 0 Å². The highest BCUT2D eigenvalue weighted by Crippen LogP contribution is 2.18. The van der Waals surface area contributed by atoms with Gasteiger partial charge in [0, 0.05) is 0 Å². The van der Waals surface area contributed by atoms with Gasteiger partial charge in [-0.05, 0) is 37.3 Å². The third-order valence-electron chi connectivity index (χ3n) is 3.52. The van der Waals surface area contributed by atoms with E-state index in [-0.39, 0.29) is 5.69 Å². The van der Waals surface area contributed by atoms with Crippen molar-refractivity contribution in [1.29, 1.82) is 0 Å². The molecule has 0 saturated carbocycles. The lowest BCUT2D eigenvalue weighted by atomic mass is 9.95. The van der Waals surface area contributed by atoms with Gasteiger partial charge in [-0.15, -0.1) is 5.10 Å². The van der Waals surface area contributed by atoms with Gasteiger partial charge in [0.25, 0.3) is 0 Å². The minimum absolute atomic E-state index is 0.241. The highest BCUT2D eigenvalue weighted by Gasteiger charge is 2.16. The summed E-state index contributed by atoms with van der Waals surface area (Å²) < 4.78 is 5.33. The topological polar surface area (TPSA) is 57.0 Å². The van der Waals surface area contributed by atoms with Crippen molar-refractivity contribution in [2.45, 2.75) is 19.3 Å². The molecule has 1 aliphatic carbocycles. The second kappa shape index (κ2) is 6.35. The molecule has 0 fully saturated rings. The van der Waals surface area contributed by atoms with Crippen LogP contribution in [0.25, 0.3) is 5.69 Å². The molecule has 0 spiro atoms. The Morgan fingerprint density at radius 1 is 1.29 bits per heavy atom. The zero-order valence-corrected chi connectivity index (χ0v) is 11.7. The predicted octanol–water partition coefficient (Wildman–Crippen LogP) is 2.78. The molecule has 1 unspecified atom stereocenters. The van der Waals surface area contributed by atoms with Gasteiger partial charge in [-0.2, -0.15) is 9.90 Å². The van der Waals surface area contributed by atoms with E-state index in [2.05, 4.69) is 22.3 Å². The van der Waals surface area contributed by atoms with Crippen LogP contribution in [-0.4, -0.2) is 27.6 Å². The summed E-state index contributed by atoms with van der Waals surface area (Å²) in [6, 6.07) is 9.47. The summed E-state index contributed by atoms with van der Waals surface area (Å²) in [6.45, 7) is 0.446. The summed E-state index contributed by atoms with van der Waals surface area (Å²) in [5, 5.41) is 8.26. The van der Waals surface area contributed by atoms with Crippen LogP contribution in [0.1, 0.15) is 29.8 Å². The Morgan fingerprint density at radius 3 is 2.90 bits per heavy atom. The van der Waals surface area contributed by atoms with Crippen LogP contribution in [0.5, 0.6) is 0 Å². The maximum absolute atomic E-state index is 12.0. The van der Waals surface area contributed by atoms with E-state index < -0.39 is 5.97 Å². The number of aromatic nitrogens is 3. The molecular formula is C16H17N3O2. The van der Waals surface area contributed by atoms with E-state index in [0.29, 0.717) is 12.5 Å². The van der Waals surface area contributed by atoms with E-state index in [1.165, 1.54) is 11.0 Å².